The summed E-state index contributed by atoms with van der Waals surface area (Å²) in [5.74, 6) is 0.333. The standard InChI is InChI=1S/C13H14F3NO2S/c14-13(15,16)20(18,19)11-3-1-9(2-4-11)10-5-12(6-10)7-17-8-12/h1-4,10,17H,5-8H2. The monoisotopic (exact) mass is 305 g/mol. The van der Waals surface area contributed by atoms with Gasteiger partial charge in [0.05, 0.1) is 4.90 Å². The van der Waals surface area contributed by atoms with E-state index in [0.717, 1.165) is 43.6 Å². The number of alkyl halides is 3. The molecule has 0 bridgehead atoms. The molecule has 1 aliphatic heterocycles. The Balaban J connectivity index is 1.76. The van der Waals surface area contributed by atoms with Crippen LogP contribution >= 0.6 is 0 Å². The Morgan fingerprint density at radius 2 is 1.65 bits per heavy atom. The third kappa shape index (κ3) is 2.03. The maximum atomic E-state index is 12.4. The third-order valence-corrected chi connectivity index (χ3v) is 5.83. The second-order valence-corrected chi connectivity index (χ2v) is 7.67. The number of halogens is 3. The van der Waals surface area contributed by atoms with Crippen LogP contribution in [0.25, 0.3) is 0 Å². The Morgan fingerprint density at radius 3 is 2.05 bits per heavy atom. The van der Waals surface area contributed by atoms with Gasteiger partial charge in [0.25, 0.3) is 9.84 Å². The van der Waals surface area contributed by atoms with Crippen LogP contribution in [0.1, 0.15) is 24.3 Å². The van der Waals surface area contributed by atoms with Crippen LogP contribution in [0.4, 0.5) is 13.2 Å². The Hall–Kier alpha value is -1.08. The van der Waals surface area contributed by atoms with Crippen LogP contribution in [0.2, 0.25) is 0 Å². The lowest BCUT2D eigenvalue weighted by Crippen LogP contribution is -2.59. The summed E-state index contributed by atoms with van der Waals surface area (Å²) in [4.78, 5) is -0.687. The summed E-state index contributed by atoms with van der Waals surface area (Å²) >= 11 is 0. The molecule has 1 saturated heterocycles. The number of sulfone groups is 1. The summed E-state index contributed by atoms with van der Waals surface area (Å²) < 4.78 is 59.7. The van der Waals surface area contributed by atoms with Gasteiger partial charge in [0.1, 0.15) is 0 Å². The molecule has 7 heteroatoms. The zero-order valence-corrected chi connectivity index (χ0v) is 11.4. The van der Waals surface area contributed by atoms with Crippen LogP contribution in [0.15, 0.2) is 29.2 Å². The summed E-state index contributed by atoms with van der Waals surface area (Å²) in [7, 11) is -5.23. The van der Waals surface area contributed by atoms with Gasteiger partial charge in [-0.2, -0.15) is 13.2 Å². The minimum Gasteiger partial charge on any atom is -0.316 e. The van der Waals surface area contributed by atoms with Gasteiger partial charge in [-0.15, -0.1) is 0 Å². The first kappa shape index (κ1) is 13.9. The van der Waals surface area contributed by atoms with E-state index in [4.69, 9.17) is 0 Å². The fourth-order valence-electron chi connectivity index (χ4n) is 3.04. The summed E-state index contributed by atoms with van der Waals surface area (Å²) in [5, 5.41) is 3.22. The molecule has 1 spiro atoms. The Kier molecular flexibility index (Phi) is 2.92. The van der Waals surface area contributed by atoms with E-state index in [1.807, 2.05) is 0 Å². The largest absolute Gasteiger partial charge is 0.501 e. The molecule has 2 fully saturated rings. The minimum atomic E-state index is -5.24. The molecule has 0 unspecified atom stereocenters. The third-order valence-electron chi connectivity index (χ3n) is 4.33. The number of hydrogen-bond donors (Lipinski definition) is 1. The summed E-state index contributed by atoms with van der Waals surface area (Å²) in [5.41, 5.74) is -3.95. The highest BCUT2D eigenvalue weighted by Gasteiger charge is 2.49. The number of benzene rings is 1. The van der Waals surface area contributed by atoms with E-state index in [1.165, 1.54) is 12.1 Å². The van der Waals surface area contributed by atoms with Crippen molar-refractivity contribution in [3.63, 3.8) is 0 Å². The molecule has 0 aromatic heterocycles. The maximum Gasteiger partial charge on any atom is 0.501 e. The average molecular weight is 305 g/mol. The first-order valence-corrected chi connectivity index (χ1v) is 7.84. The molecule has 0 amide bonds. The molecule has 110 valence electrons. The van der Waals surface area contributed by atoms with E-state index in [0.29, 0.717) is 11.3 Å². The normalized spacial score (nSPS) is 22.4. The van der Waals surface area contributed by atoms with E-state index in [9.17, 15) is 21.6 Å². The highest BCUT2D eigenvalue weighted by atomic mass is 32.2. The van der Waals surface area contributed by atoms with Crippen molar-refractivity contribution >= 4 is 9.84 Å². The zero-order valence-electron chi connectivity index (χ0n) is 10.6. The second kappa shape index (κ2) is 4.21. The Morgan fingerprint density at radius 1 is 1.10 bits per heavy atom. The van der Waals surface area contributed by atoms with Crippen molar-refractivity contribution in [3.05, 3.63) is 29.8 Å². The van der Waals surface area contributed by atoms with Crippen LogP contribution < -0.4 is 5.32 Å². The fourth-order valence-corrected chi connectivity index (χ4v) is 3.80. The van der Waals surface area contributed by atoms with Gasteiger partial charge in [-0.25, -0.2) is 8.42 Å². The quantitative estimate of drug-likeness (QED) is 0.913. The Bertz CT molecular complexity index is 610. The predicted octanol–water partition coefficient (Wildman–Crippen LogP) is 2.45. The molecule has 3 rings (SSSR count). The lowest BCUT2D eigenvalue weighted by Gasteiger charge is -2.54. The van der Waals surface area contributed by atoms with Crippen LogP contribution in [0, 0.1) is 5.41 Å². The zero-order chi connectivity index (χ0) is 14.6. The molecule has 20 heavy (non-hydrogen) atoms. The van der Waals surface area contributed by atoms with Crippen molar-refractivity contribution in [2.75, 3.05) is 13.1 Å². The second-order valence-electron chi connectivity index (χ2n) is 5.73. The van der Waals surface area contributed by atoms with Crippen molar-refractivity contribution in [3.8, 4) is 0 Å². The van der Waals surface area contributed by atoms with Crippen molar-refractivity contribution in [1.29, 1.82) is 0 Å². The van der Waals surface area contributed by atoms with Gasteiger partial charge in [-0.3, -0.25) is 0 Å². The van der Waals surface area contributed by atoms with Gasteiger partial charge in [0.15, 0.2) is 0 Å². The molecular weight excluding hydrogens is 291 g/mol. The highest BCUT2D eigenvalue weighted by Crippen LogP contribution is 2.53. The van der Waals surface area contributed by atoms with Crippen molar-refractivity contribution in [2.24, 2.45) is 5.41 Å². The minimum absolute atomic E-state index is 0.333. The van der Waals surface area contributed by atoms with E-state index < -0.39 is 20.2 Å². The molecule has 1 aliphatic carbocycles. The average Bonchev–Trinajstić information content (AvgIpc) is 2.24. The van der Waals surface area contributed by atoms with E-state index >= 15 is 0 Å². The number of rotatable bonds is 2. The van der Waals surface area contributed by atoms with Gasteiger partial charge in [-0.1, -0.05) is 12.1 Å². The van der Waals surface area contributed by atoms with E-state index in [1.54, 1.807) is 0 Å². The van der Waals surface area contributed by atoms with Gasteiger partial charge in [0.2, 0.25) is 0 Å². The van der Waals surface area contributed by atoms with Crippen LogP contribution in [-0.4, -0.2) is 27.0 Å². The lowest BCUT2D eigenvalue weighted by atomic mass is 9.57. The van der Waals surface area contributed by atoms with Crippen molar-refractivity contribution in [2.45, 2.75) is 29.2 Å². The smallest absolute Gasteiger partial charge is 0.316 e. The van der Waals surface area contributed by atoms with Gasteiger partial charge in [0, 0.05) is 13.1 Å². The first-order valence-electron chi connectivity index (χ1n) is 6.36. The molecule has 3 nitrogen and oxygen atoms in total. The summed E-state index contributed by atoms with van der Waals surface area (Å²) in [6.07, 6.45) is 2.04. The summed E-state index contributed by atoms with van der Waals surface area (Å²) in [6.45, 7) is 2.01. The molecule has 1 aromatic carbocycles. The molecule has 0 atom stereocenters. The molecular formula is C13H14F3NO2S. The molecule has 1 aromatic rings. The fraction of sp³-hybridized carbons (Fsp3) is 0.538. The topological polar surface area (TPSA) is 46.2 Å². The van der Waals surface area contributed by atoms with Crippen molar-refractivity contribution < 1.29 is 21.6 Å². The molecule has 0 radical (unpaired) electrons. The molecule has 1 N–H and O–H groups in total. The number of hydrogen-bond acceptors (Lipinski definition) is 3. The molecule has 2 aliphatic rings. The highest BCUT2D eigenvalue weighted by molar-refractivity contribution is 7.92. The van der Waals surface area contributed by atoms with Crippen molar-refractivity contribution in [1.82, 2.24) is 5.32 Å². The van der Waals surface area contributed by atoms with Gasteiger partial charge < -0.3 is 5.32 Å². The van der Waals surface area contributed by atoms with Crippen LogP contribution in [0.5, 0.6) is 0 Å². The number of nitrogens with one attached hydrogen (secondary N) is 1. The molecule has 1 heterocycles. The maximum absolute atomic E-state index is 12.4. The van der Waals surface area contributed by atoms with Crippen LogP contribution in [-0.2, 0) is 9.84 Å². The Labute approximate surface area is 115 Å². The lowest BCUT2D eigenvalue weighted by molar-refractivity contribution is -0.0436. The van der Waals surface area contributed by atoms with E-state index in [2.05, 4.69) is 5.32 Å². The van der Waals surface area contributed by atoms with Crippen LogP contribution in [0.3, 0.4) is 0 Å². The van der Waals surface area contributed by atoms with Gasteiger partial charge in [-0.05, 0) is 41.9 Å². The first-order chi connectivity index (χ1) is 9.24. The SMILES string of the molecule is O=S(=O)(c1ccc(C2CC3(CNC3)C2)cc1)C(F)(F)F. The predicted molar refractivity (Wildman–Crippen MR) is 67.0 cm³/mol. The van der Waals surface area contributed by atoms with Gasteiger partial charge >= 0.3 is 5.51 Å². The van der Waals surface area contributed by atoms with E-state index in [-0.39, 0.29) is 0 Å². The summed E-state index contributed by atoms with van der Waals surface area (Å²) in [6, 6.07) is 5.12. The molecule has 1 saturated carbocycles.